The summed E-state index contributed by atoms with van der Waals surface area (Å²) in [7, 11) is 0. The molecule has 0 amide bonds. The Kier molecular flexibility index (Phi) is 29.1. The zero-order chi connectivity index (χ0) is 6.99. The third kappa shape index (κ3) is 123. The van der Waals surface area contributed by atoms with Gasteiger partial charge in [0.25, 0.3) is 0 Å². The Morgan fingerprint density at radius 2 is 1.44 bits per heavy atom. The topological polar surface area (TPSA) is 101 Å². The van der Waals surface area contributed by atoms with Crippen molar-refractivity contribution in [1.29, 1.82) is 0 Å². The van der Waals surface area contributed by atoms with Crippen LogP contribution in [-0.2, 0) is 0 Å². The maximum absolute atomic E-state index is 8.44. The van der Waals surface area contributed by atoms with E-state index in [9.17, 15) is 0 Å². The minimum absolute atomic E-state index is 0. The molecule has 0 rings (SSSR count). The summed E-state index contributed by atoms with van der Waals surface area (Å²) in [5.74, 6) is 0. The van der Waals surface area contributed by atoms with Crippen molar-refractivity contribution in [2.75, 3.05) is 13.2 Å². The Labute approximate surface area is 94.7 Å². The van der Waals surface area contributed by atoms with Crippen molar-refractivity contribution >= 4 is 6.16 Å². The molecule has 0 aliphatic carbocycles. The Hall–Kier alpha value is 0.826. The number of carboxylic acid groups (broad SMARTS) is 2. The number of aliphatic hydroxyl groups is 2. The molecule has 0 aromatic carbocycles. The molecule has 5 nitrogen and oxygen atoms in total. The van der Waals surface area contributed by atoms with E-state index in [1.54, 1.807) is 0 Å². The van der Waals surface area contributed by atoms with Crippen LogP contribution in [0.3, 0.4) is 0 Å². The van der Waals surface area contributed by atoms with E-state index < -0.39 is 6.16 Å². The van der Waals surface area contributed by atoms with Crippen LogP contribution in [0.2, 0.25) is 0 Å². The molecule has 0 radical (unpaired) electrons. The molecule has 3 N–H and O–H groups in total. The summed E-state index contributed by atoms with van der Waals surface area (Å²) in [5, 5.41) is 30.6. The first-order valence-corrected chi connectivity index (χ1v) is 1.76. The standard InChI is InChI=1S/C2H6O2.CH2O3.K/c3-1-2-4;2-1(3)4;/h3-4H,1-2H2;(H2,2,3,4);/q;;+1/p-1. The number of hydrogen-bond acceptors (Lipinski definition) is 4. The van der Waals surface area contributed by atoms with Crippen LogP contribution in [0.1, 0.15) is 0 Å². The molecular formula is C3H7KO5. The van der Waals surface area contributed by atoms with Crippen LogP contribution < -0.4 is 56.5 Å². The van der Waals surface area contributed by atoms with E-state index in [1.807, 2.05) is 0 Å². The molecule has 0 spiro atoms. The molecule has 9 heavy (non-hydrogen) atoms. The Balaban J connectivity index is -0.0000000720. The molecule has 6 heteroatoms. The molecule has 0 heterocycles. The van der Waals surface area contributed by atoms with Gasteiger partial charge in [0.05, 0.1) is 13.2 Å². The molecule has 0 aromatic rings. The SMILES string of the molecule is O=C([O-])O.OCCO.[K+]. The molecule has 0 saturated carbocycles. The first-order valence-electron chi connectivity index (χ1n) is 1.76. The van der Waals surface area contributed by atoms with Gasteiger partial charge in [0.1, 0.15) is 0 Å². The van der Waals surface area contributed by atoms with Gasteiger partial charge >= 0.3 is 51.4 Å². The van der Waals surface area contributed by atoms with Crippen LogP contribution in [0.15, 0.2) is 0 Å². The summed E-state index contributed by atoms with van der Waals surface area (Å²) in [6.45, 7) is -0.250. The van der Waals surface area contributed by atoms with Gasteiger partial charge in [-0.2, -0.15) is 0 Å². The maximum atomic E-state index is 8.44. The number of carbonyl (C=O) groups is 1. The van der Waals surface area contributed by atoms with Crippen molar-refractivity contribution in [3.63, 3.8) is 0 Å². The summed E-state index contributed by atoms with van der Waals surface area (Å²) in [6.07, 6.45) is -2.08. The van der Waals surface area contributed by atoms with E-state index in [2.05, 4.69) is 0 Å². The van der Waals surface area contributed by atoms with E-state index >= 15 is 0 Å². The zero-order valence-electron chi connectivity index (χ0n) is 5.07. The first-order chi connectivity index (χ1) is 3.65. The van der Waals surface area contributed by atoms with E-state index in [-0.39, 0.29) is 64.6 Å². The molecule has 50 valence electrons. The van der Waals surface area contributed by atoms with E-state index in [0.29, 0.717) is 0 Å². The van der Waals surface area contributed by atoms with E-state index in [1.165, 1.54) is 0 Å². The summed E-state index contributed by atoms with van der Waals surface area (Å²) >= 11 is 0. The van der Waals surface area contributed by atoms with Crippen LogP contribution in [0.5, 0.6) is 0 Å². The molecule has 0 unspecified atom stereocenters. The van der Waals surface area contributed by atoms with E-state index in [4.69, 9.17) is 25.2 Å². The molecule has 0 atom stereocenters. The third-order valence-corrected chi connectivity index (χ3v) is 0.1000. The van der Waals surface area contributed by atoms with Crippen molar-refractivity contribution < 1.29 is 76.6 Å². The van der Waals surface area contributed by atoms with Gasteiger partial charge in [0.15, 0.2) is 0 Å². The Bertz CT molecular complexity index is 50.2. The van der Waals surface area contributed by atoms with Crippen LogP contribution in [0.25, 0.3) is 0 Å². The number of aliphatic hydroxyl groups excluding tert-OH is 2. The first kappa shape index (κ1) is 16.4. The monoisotopic (exact) mass is 162 g/mol. The molecule has 0 saturated heterocycles. The zero-order valence-corrected chi connectivity index (χ0v) is 8.20. The van der Waals surface area contributed by atoms with Crippen LogP contribution >= 0.6 is 0 Å². The average Bonchev–Trinajstić information content (AvgIpc) is 1.65. The van der Waals surface area contributed by atoms with Gasteiger partial charge in [-0.25, -0.2) is 0 Å². The van der Waals surface area contributed by atoms with Crippen LogP contribution in [0, 0.1) is 0 Å². The molecular weight excluding hydrogens is 155 g/mol. The number of rotatable bonds is 1. The van der Waals surface area contributed by atoms with Gasteiger partial charge in [-0.1, -0.05) is 0 Å². The van der Waals surface area contributed by atoms with Crippen molar-refractivity contribution in [1.82, 2.24) is 0 Å². The molecule has 0 aliphatic heterocycles. The fraction of sp³-hybridized carbons (Fsp3) is 0.667. The second-order valence-corrected chi connectivity index (χ2v) is 0.713. The minimum Gasteiger partial charge on any atom is -0.565 e. The Morgan fingerprint density at radius 3 is 1.44 bits per heavy atom. The second-order valence-electron chi connectivity index (χ2n) is 0.713. The normalized spacial score (nSPS) is 6.00. The van der Waals surface area contributed by atoms with Crippen molar-refractivity contribution in [2.45, 2.75) is 0 Å². The minimum atomic E-state index is -2.08. The van der Waals surface area contributed by atoms with Gasteiger partial charge in [0.2, 0.25) is 6.16 Å². The van der Waals surface area contributed by atoms with Gasteiger partial charge in [-0.15, -0.1) is 0 Å². The van der Waals surface area contributed by atoms with Crippen LogP contribution in [-0.4, -0.2) is 34.7 Å². The predicted octanol–water partition coefficient (Wildman–Crippen LogP) is -5.14. The Morgan fingerprint density at radius 1 is 1.33 bits per heavy atom. The summed E-state index contributed by atoms with van der Waals surface area (Å²) in [5.41, 5.74) is 0. The largest absolute Gasteiger partial charge is 1.00 e. The molecule has 0 aliphatic rings. The van der Waals surface area contributed by atoms with Gasteiger partial charge in [0, 0.05) is 0 Å². The smallest absolute Gasteiger partial charge is 0.565 e. The van der Waals surface area contributed by atoms with Crippen molar-refractivity contribution in [2.24, 2.45) is 0 Å². The third-order valence-electron chi connectivity index (χ3n) is 0.1000. The van der Waals surface area contributed by atoms with E-state index in [0.717, 1.165) is 0 Å². The number of hydrogen-bond donors (Lipinski definition) is 3. The maximum Gasteiger partial charge on any atom is 1.00 e. The fourth-order valence-electron chi connectivity index (χ4n) is 0. The second kappa shape index (κ2) is 15.9. The predicted molar refractivity (Wildman–Crippen MR) is 22.2 cm³/mol. The quantitative estimate of drug-likeness (QED) is 0.335. The molecule has 0 aromatic heterocycles. The fourth-order valence-corrected chi connectivity index (χ4v) is 0. The average molecular weight is 162 g/mol. The van der Waals surface area contributed by atoms with Crippen molar-refractivity contribution in [3.05, 3.63) is 0 Å². The summed E-state index contributed by atoms with van der Waals surface area (Å²) in [6, 6.07) is 0. The molecule has 0 bridgehead atoms. The van der Waals surface area contributed by atoms with Crippen molar-refractivity contribution in [3.8, 4) is 0 Å². The van der Waals surface area contributed by atoms with Crippen LogP contribution in [0.4, 0.5) is 4.79 Å². The molecule has 0 fully saturated rings. The summed E-state index contributed by atoms with van der Waals surface area (Å²) in [4.78, 5) is 8.44. The van der Waals surface area contributed by atoms with Gasteiger partial charge in [-0.05, 0) is 0 Å². The summed E-state index contributed by atoms with van der Waals surface area (Å²) < 4.78 is 0. The van der Waals surface area contributed by atoms with Gasteiger partial charge < -0.3 is 25.2 Å². The van der Waals surface area contributed by atoms with Gasteiger partial charge in [-0.3, -0.25) is 0 Å².